The zero-order valence-electron chi connectivity index (χ0n) is 14.0. The normalized spacial score (nSPS) is 20.2. The van der Waals surface area contributed by atoms with E-state index < -0.39 is 0 Å². The Bertz CT molecular complexity index is 235. The number of aliphatic hydroxyl groups excluding tert-OH is 1. The van der Waals surface area contributed by atoms with Crippen LogP contribution in [0.1, 0.15) is 71.6 Å². The van der Waals surface area contributed by atoms with Crippen LogP contribution in [0.2, 0.25) is 0 Å². The van der Waals surface area contributed by atoms with E-state index in [1.54, 1.807) is 0 Å². The third kappa shape index (κ3) is 5.71. The summed E-state index contributed by atoms with van der Waals surface area (Å²) in [6.07, 6.45) is 11.4. The Morgan fingerprint density at radius 2 is 1.90 bits per heavy atom. The van der Waals surface area contributed by atoms with Crippen LogP contribution in [-0.2, 0) is 0 Å². The molecule has 0 radical (unpaired) electrons. The van der Waals surface area contributed by atoms with Crippen molar-refractivity contribution in [3.05, 3.63) is 0 Å². The lowest BCUT2D eigenvalue weighted by Crippen LogP contribution is -2.49. The standard InChI is InChI=1S/C17H36N2O/c1-4-13-18-17(5-2,15-20)12-9-14-19(3)16-10-7-6-8-11-16/h16,18,20H,4-15H2,1-3H3. The molecule has 2 N–H and O–H groups in total. The van der Waals surface area contributed by atoms with Crippen molar-refractivity contribution in [2.75, 3.05) is 26.7 Å². The van der Waals surface area contributed by atoms with Crippen LogP contribution in [0, 0.1) is 0 Å². The Labute approximate surface area is 126 Å². The third-order valence-corrected chi connectivity index (χ3v) is 5.09. The largest absolute Gasteiger partial charge is 0.394 e. The molecule has 0 spiro atoms. The maximum atomic E-state index is 9.74. The van der Waals surface area contributed by atoms with Crippen molar-refractivity contribution in [1.82, 2.24) is 10.2 Å². The Morgan fingerprint density at radius 1 is 1.20 bits per heavy atom. The van der Waals surface area contributed by atoms with Gasteiger partial charge in [0.1, 0.15) is 0 Å². The molecule has 3 heteroatoms. The molecule has 0 aromatic heterocycles. The van der Waals surface area contributed by atoms with Gasteiger partial charge in [-0.05, 0) is 58.7 Å². The third-order valence-electron chi connectivity index (χ3n) is 5.09. The van der Waals surface area contributed by atoms with Gasteiger partial charge in [0.05, 0.1) is 6.61 Å². The molecule has 0 aromatic carbocycles. The highest BCUT2D eigenvalue weighted by Crippen LogP contribution is 2.23. The topological polar surface area (TPSA) is 35.5 Å². The van der Waals surface area contributed by atoms with Crippen molar-refractivity contribution >= 4 is 0 Å². The van der Waals surface area contributed by atoms with E-state index in [9.17, 15) is 5.11 Å². The van der Waals surface area contributed by atoms with Crippen molar-refractivity contribution in [3.63, 3.8) is 0 Å². The first-order chi connectivity index (χ1) is 9.67. The van der Waals surface area contributed by atoms with Crippen molar-refractivity contribution in [2.45, 2.75) is 83.2 Å². The Hall–Kier alpha value is -0.120. The monoisotopic (exact) mass is 284 g/mol. The Balaban J connectivity index is 2.31. The number of hydrogen-bond donors (Lipinski definition) is 2. The summed E-state index contributed by atoms with van der Waals surface area (Å²) in [6.45, 7) is 6.80. The molecule has 0 amide bonds. The molecule has 1 aliphatic carbocycles. The first-order valence-corrected chi connectivity index (χ1v) is 8.73. The van der Waals surface area contributed by atoms with Crippen LogP contribution in [0.25, 0.3) is 0 Å². The van der Waals surface area contributed by atoms with E-state index in [1.807, 2.05) is 0 Å². The number of aliphatic hydroxyl groups is 1. The fourth-order valence-corrected chi connectivity index (χ4v) is 3.40. The SMILES string of the molecule is CCCNC(CC)(CO)CCCN(C)C1CCCCC1. The van der Waals surface area contributed by atoms with Gasteiger partial charge in [-0.25, -0.2) is 0 Å². The quantitative estimate of drug-likeness (QED) is 0.647. The summed E-state index contributed by atoms with van der Waals surface area (Å²) in [6, 6.07) is 0.803. The van der Waals surface area contributed by atoms with Crippen LogP contribution in [0.5, 0.6) is 0 Å². The van der Waals surface area contributed by atoms with Crippen LogP contribution in [-0.4, -0.2) is 48.3 Å². The summed E-state index contributed by atoms with van der Waals surface area (Å²) in [5, 5.41) is 13.3. The van der Waals surface area contributed by atoms with E-state index in [1.165, 1.54) is 45.1 Å². The minimum absolute atomic E-state index is 0.0522. The predicted octanol–water partition coefficient (Wildman–Crippen LogP) is 3.17. The lowest BCUT2D eigenvalue weighted by Gasteiger charge is -2.35. The molecular formula is C17H36N2O. The minimum atomic E-state index is -0.0522. The van der Waals surface area contributed by atoms with Crippen LogP contribution >= 0.6 is 0 Å². The van der Waals surface area contributed by atoms with Gasteiger partial charge < -0.3 is 15.3 Å². The summed E-state index contributed by atoms with van der Waals surface area (Å²) >= 11 is 0. The molecule has 1 unspecified atom stereocenters. The van der Waals surface area contributed by atoms with Gasteiger partial charge in [-0.1, -0.05) is 33.1 Å². The predicted molar refractivity (Wildman–Crippen MR) is 87.1 cm³/mol. The lowest BCUT2D eigenvalue weighted by molar-refractivity contribution is 0.132. The zero-order valence-corrected chi connectivity index (χ0v) is 14.0. The van der Waals surface area contributed by atoms with Crippen LogP contribution in [0.3, 0.4) is 0 Å². The molecule has 1 saturated carbocycles. The molecule has 0 aromatic rings. The minimum Gasteiger partial charge on any atom is -0.394 e. The highest BCUT2D eigenvalue weighted by Gasteiger charge is 2.26. The van der Waals surface area contributed by atoms with Crippen LogP contribution < -0.4 is 5.32 Å². The van der Waals surface area contributed by atoms with Gasteiger partial charge >= 0.3 is 0 Å². The summed E-state index contributed by atoms with van der Waals surface area (Å²) in [5.74, 6) is 0. The Kier molecular flexibility index (Phi) is 8.74. The van der Waals surface area contributed by atoms with E-state index in [0.717, 1.165) is 31.8 Å². The lowest BCUT2D eigenvalue weighted by atomic mass is 9.90. The molecule has 120 valence electrons. The summed E-state index contributed by atoms with van der Waals surface area (Å²) in [5.41, 5.74) is -0.0522. The van der Waals surface area contributed by atoms with Gasteiger partial charge in [0, 0.05) is 11.6 Å². The number of rotatable bonds is 10. The first-order valence-electron chi connectivity index (χ1n) is 8.73. The fourth-order valence-electron chi connectivity index (χ4n) is 3.40. The van der Waals surface area contributed by atoms with Crippen molar-refractivity contribution in [1.29, 1.82) is 0 Å². The Morgan fingerprint density at radius 3 is 2.45 bits per heavy atom. The van der Waals surface area contributed by atoms with Gasteiger partial charge in [0.15, 0.2) is 0 Å². The highest BCUT2D eigenvalue weighted by molar-refractivity contribution is 4.86. The van der Waals surface area contributed by atoms with Gasteiger partial charge in [-0.15, -0.1) is 0 Å². The maximum absolute atomic E-state index is 9.74. The van der Waals surface area contributed by atoms with E-state index in [-0.39, 0.29) is 12.1 Å². The summed E-state index contributed by atoms with van der Waals surface area (Å²) < 4.78 is 0. The van der Waals surface area contributed by atoms with E-state index in [0.29, 0.717) is 0 Å². The maximum Gasteiger partial charge on any atom is 0.0613 e. The highest BCUT2D eigenvalue weighted by atomic mass is 16.3. The molecule has 1 fully saturated rings. The smallest absolute Gasteiger partial charge is 0.0613 e. The molecule has 1 aliphatic rings. The summed E-state index contributed by atoms with van der Waals surface area (Å²) in [4.78, 5) is 2.55. The van der Waals surface area contributed by atoms with Gasteiger partial charge in [0.2, 0.25) is 0 Å². The molecule has 0 heterocycles. The zero-order chi connectivity index (χ0) is 14.8. The number of nitrogens with one attached hydrogen (secondary N) is 1. The second-order valence-electron chi connectivity index (χ2n) is 6.59. The van der Waals surface area contributed by atoms with Gasteiger partial charge in [0.25, 0.3) is 0 Å². The molecule has 1 rings (SSSR count). The van der Waals surface area contributed by atoms with Crippen molar-refractivity contribution in [3.8, 4) is 0 Å². The average molecular weight is 284 g/mol. The van der Waals surface area contributed by atoms with Crippen LogP contribution in [0.4, 0.5) is 0 Å². The molecule has 1 atom stereocenters. The first kappa shape index (κ1) is 17.9. The van der Waals surface area contributed by atoms with Crippen molar-refractivity contribution < 1.29 is 5.11 Å². The van der Waals surface area contributed by atoms with Crippen molar-refractivity contribution in [2.24, 2.45) is 0 Å². The molecule has 20 heavy (non-hydrogen) atoms. The summed E-state index contributed by atoms with van der Waals surface area (Å²) in [7, 11) is 2.28. The van der Waals surface area contributed by atoms with Crippen LogP contribution in [0.15, 0.2) is 0 Å². The second kappa shape index (κ2) is 9.75. The number of nitrogens with zero attached hydrogens (tertiary/aromatic N) is 1. The van der Waals surface area contributed by atoms with Gasteiger partial charge in [-0.2, -0.15) is 0 Å². The molecule has 0 bridgehead atoms. The van der Waals surface area contributed by atoms with Gasteiger partial charge in [-0.3, -0.25) is 0 Å². The van der Waals surface area contributed by atoms with E-state index >= 15 is 0 Å². The average Bonchev–Trinajstić information content (AvgIpc) is 2.51. The molecule has 0 saturated heterocycles. The molecule has 0 aliphatic heterocycles. The molecular weight excluding hydrogens is 248 g/mol. The van der Waals surface area contributed by atoms with E-state index in [4.69, 9.17) is 0 Å². The molecule has 3 nitrogen and oxygen atoms in total. The fraction of sp³-hybridized carbons (Fsp3) is 1.00. The second-order valence-corrected chi connectivity index (χ2v) is 6.59. The number of hydrogen-bond acceptors (Lipinski definition) is 3. The van der Waals surface area contributed by atoms with E-state index in [2.05, 4.69) is 31.1 Å².